The molecule has 24 heavy (non-hydrogen) atoms. The van der Waals surface area contributed by atoms with Gasteiger partial charge >= 0.3 is 6.18 Å². The lowest BCUT2D eigenvalue weighted by molar-refractivity contribution is -0.137. The number of sulfonamides is 1. The number of hydrogen-bond donors (Lipinski definition) is 0. The largest absolute Gasteiger partial charge is 0.416 e. The lowest BCUT2D eigenvalue weighted by Gasteiger charge is -2.27. The highest BCUT2D eigenvalue weighted by molar-refractivity contribution is 7.92. The first kappa shape index (κ1) is 17.7. The van der Waals surface area contributed by atoms with Gasteiger partial charge < -0.3 is 0 Å². The molecule has 0 amide bonds. The molecule has 1 aromatic rings. The number of benzene rings is 1. The molecule has 1 aliphatic heterocycles. The fourth-order valence-electron chi connectivity index (χ4n) is 2.93. The summed E-state index contributed by atoms with van der Waals surface area (Å²) in [4.78, 5) is -0.244. The number of halogens is 3. The molecule has 2 aliphatic rings. The zero-order valence-electron chi connectivity index (χ0n) is 12.5. The average Bonchev–Trinajstić information content (AvgIpc) is 3.22. The highest BCUT2D eigenvalue weighted by Crippen LogP contribution is 2.37. The van der Waals surface area contributed by atoms with Gasteiger partial charge in [-0.2, -0.15) is 17.5 Å². The summed E-state index contributed by atoms with van der Waals surface area (Å²) in [5.74, 6) is -0.299. The monoisotopic (exact) mass is 383 g/mol. The fraction of sp³-hybridized carbons (Fsp3) is 0.571. The SMILES string of the molecule is O=S1(=O)CC[C@H](N(C2CC2)S(=O)(=O)c2ccc(C(F)(F)F)cc2)C1. The minimum absolute atomic E-state index is 0.0661. The maximum Gasteiger partial charge on any atom is 0.416 e. The molecule has 0 aromatic heterocycles. The average molecular weight is 383 g/mol. The van der Waals surface area contributed by atoms with Crippen molar-refractivity contribution < 1.29 is 30.0 Å². The number of sulfone groups is 1. The van der Waals surface area contributed by atoms with Crippen molar-refractivity contribution in [1.29, 1.82) is 0 Å². The molecule has 0 bridgehead atoms. The van der Waals surface area contributed by atoms with Crippen molar-refractivity contribution in [2.75, 3.05) is 11.5 Å². The van der Waals surface area contributed by atoms with E-state index in [0.29, 0.717) is 12.8 Å². The summed E-state index contributed by atoms with van der Waals surface area (Å²) in [6.45, 7) is 0. The summed E-state index contributed by atoms with van der Waals surface area (Å²) in [6.07, 6.45) is -3.05. The highest BCUT2D eigenvalue weighted by atomic mass is 32.2. The second-order valence-corrected chi connectivity index (χ2v) is 10.2. The molecule has 1 saturated carbocycles. The molecule has 134 valence electrons. The Kier molecular flexibility index (Phi) is 4.20. The minimum Gasteiger partial charge on any atom is -0.229 e. The summed E-state index contributed by atoms with van der Waals surface area (Å²) in [6, 6.07) is 2.39. The van der Waals surface area contributed by atoms with Crippen LogP contribution in [0.1, 0.15) is 24.8 Å². The van der Waals surface area contributed by atoms with Crippen molar-refractivity contribution in [1.82, 2.24) is 4.31 Å². The number of nitrogens with zero attached hydrogens (tertiary/aromatic N) is 1. The molecule has 3 rings (SSSR count). The molecule has 0 unspecified atom stereocenters. The molecular weight excluding hydrogens is 367 g/mol. The third kappa shape index (κ3) is 3.45. The van der Waals surface area contributed by atoms with Gasteiger partial charge in [0, 0.05) is 12.1 Å². The van der Waals surface area contributed by atoms with Crippen LogP contribution in [0.25, 0.3) is 0 Å². The first-order valence-electron chi connectivity index (χ1n) is 7.42. The fourth-order valence-corrected chi connectivity index (χ4v) is 6.64. The van der Waals surface area contributed by atoms with Gasteiger partial charge in [0.2, 0.25) is 10.0 Å². The molecule has 1 saturated heterocycles. The zero-order chi connectivity index (χ0) is 17.8. The molecule has 0 spiro atoms. The smallest absolute Gasteiger partial charge is 0.229 e. The zero-order valence-corrected chi connectivity index (χ0v) is 14.2. The quantitative estimate of drug-likeness (QED) is 0.798. The van der Waals surface area contributed by atoms with Crippen LogP contribution in [0.5, 0.6) is 0 Å². The van der Waals surface area contributed by atoms with Gasteiger partial charge in [-0.3, -0.25) is 0 Å². The normalized spacial score (nSPS) is 24.4. The van der Waals surface area contributed by atoms with Crippen molar-refractivity contribution in [2.45, 2.75) is 42.4 Å². The van der Waals surface area contributed by atoms with Crippen molar-refractivity contribution in [3.8, 4) is 0 Å². The lowest BCUT2D eigenvalue weighted by atomic mass is 10.2. The third-order valence-corrected chi connectivity index (χ3v) is 8.00. The molecule has 1 atom stereocenters. The van der Waals surface area contributed by atoms with Crippen LogP contribution >= 0.6 is 0 Å². The number of alkyl halides is 3. The van der Waals surface area contributed by atoms with E-state index in [-0.39, 0.29) is 28.9 Å². The Hall–Kier alpha value is -1.13. The van der Waals surface area contributed by atoms with Gasteiger partial charge in [-0.25, -0.2) is 16.8 Å². The summed E-state index contributed by atoms with van der Waals surface area (Å²) < 4.78 is 88.0. The maximum atomic E-state index is 12.8. The van der Waals surface area contributed by atoms with Crippen molar-refractivity contribution in [2.24, 2.45) is 0 Å². The van der Waals surface area contributed by atoms with Gasteiger partial charge in [0.05, 0.1) is 22.0 Å². The van der Waals surface area contributed by atoms with E-state index >= 15 is 0 Å². The first-order valence-corrected chi connectivity index (χ1v) is 10.7. The molecule has 1 aliphatic carbocycles. The van der Waals surface area contributed by atoms with Crippen LogP contribution in [0.2, 0.25) is 0 Å². The van der Waals surface area contributed by atoms with Crippen LogP contribution in [0.3, 0.4) is 0 Å². The molecule has 1 heterocycles. The number of rotatable bonds is 4. The van der Waals surface area contributed by atoms with Crippen molar-refractivity contribution in [3.05, 3.63) is 29.8 Å². The topological polar surface area (TPSA) is 71.5 Å². The van der Waals surface area contributed by atoms with Gasteiger partial charge in [0.25, 0.3) is 0 Å². The second-order valence-electron chi connectivity index (χ2n) is 6.15. The van der Waals surface area contributed by atoms with Gasteiger partial charge in [-0.15, -0.1) is 0 Å². The van der Waals surface area contributed by atoms with E-state index in [1.165, 1.54) is 4.31 Å². The Morgan fingerprint density at radius 1 is 1.00 bits per heavy atom. The van der Waals surface area contributed by atoms with E-state index in [1.807, 2.05) is 0 Å². The van der Waals surface area contributed by atoms with E-state index in [4.69, 9.17) is 0 Å². The summed E-state index contributed by atoms with van der Waals surface area (Å²) in [5.41, 5.74) is -0.928. The molecule has 2 fully saturated rings. The maximum absolute atomic E-state index is 12.8. The Morgan fingerprint density at radius 3 is 2.00 bits per heavy atom. The molecule has 0 radical (unpaired) electrons. The van der Waals surface area contributed by atoms with E-state index in [9.17, 15) is 30.0 Å². The van der Waals surface area contributed by atoms with Gasteiger partial charge in [-0.1, -0.05) is 0 Å². The van der Waals surface area contributed by atoms with Gasteiger partial charge in [-0.05, 0) is 43.5 Å². The van der Waals surface area contributed by atoms with Crippen LogP contribution in [0.15, 0.2) is 29.2 Å². The second kappa shape index (κ2) is 5.70. The predicted octanol–water partition coefficient (Wildman–Crippen LogP) is 2.05. The molecule has 0 N–H and O–H groups in total. The van der Waals surface area contributed by atoms with Crippen LogP contribution < -0.4 is 0 Å². The van der Waals surface area contributed by atoms with Gasteiger partial charge in [0.1, 0.15) is 0 Å². The van der Waals surface area contributed by atoms with Crippen molar-refractivity contribution >= 4 is 19.9 Å². The van der Waals surface area contributed by atoms with Crippen LogP contribution in [-0.4, -0.2) is 44.7 Å². The molecule has 5 nitrogen and oxygen atoms in total. The predicted molar refractivity (Wildman–Crippen MR) is 80.5 cm³/mol. The Balaban J connectivity index is 1.92. The third-order valence-electron chi connectivity index (χ3n) is 4.23. The Morgan fingerprint density at radius 2 is 1.58 bits per heavy atom. The van der Waals surface area contributed by atoms with E-state index in [1.54, 1.807) is 0 Å². The summed E-state index contributed by atoms with van der Waals surface area (Å²) >= 11 is 0. The van der Waals surface area contributed by atoms with E-state index in [2.05, 4.69) is 0 Å². The molecular formula is C14H16F3NO4S2. The van der Waals surface area contributed by atoms with Crippen molar-refractivity contribution in [3.63, 3.8) is 0 Å². The summed E-state index contributed by atoms with van der Waals surface area (Å²) in [5, 5.41) is 0. The Labute approximate surface area is 138 Å². The molecule has 10 heteroatoms. The molecule has 1 aromatic carbocycles. The number of hydrogen-bond acceptors (Lipinski definition) is 4. The van der Waals surface area contributed by atoms with E-state index in [0.717, 1.165) is 24.3 Å². The van der Waals surface area contributed by atoms with Crippen LogP contribution in [0, 0.1) is 0 Å². The lowest BCUT2D eigenvalue weighted by Crippen LogP contribution is -2.42. The standard InChI is InChI=1S/C14H16F3NO4S2/c15-14(16,17)10-1-5-13(6-2-10)24(21,22)18(11-3-4-11)12-7-8-23(19,20)9-12/h1-2,5-6,11-12H,3-4,7-9H2/t12-/m0/s1. The first-order chi connectivity index (χ1) is 11.0. The van der Waals surface area contributed by atoms with Gasteiger partial charge in [0.15, 0.2) is 9.84 Å². The van der Waals surface area contributed by atoms with E-state index < -0.39 is 37.6 Å². The van der Waals surface area contributed by atoms with Crippen LogP contribution in [-0.2, 0) is 26.0 Å². The highest BCUT2D eigenvalue weighted by Gasteiger charge is 2.46. The Bertz CT molecular complexity index is 828. The minimum atomic E-state index is -4.54. The van der Waals surface area contributed by atoms with Crippen LogP contribution in [0.4, 0.5) is 13.2 Å². The summed E-state index contributed by atoms with van der Waals surface area (Å²) in [7, 11) is -7.30.